The van der Waals surface area contributed by atoms with Crippen LogP contribution in [0.5, 0.6) is 5.75 Å². The lowest BCUT2D eigenvalue weighted by atomic mass is 10.1. The van der Waals surface area contributed by atoms with Crippen molar-refractivity contribution in [3.63, 3.8) is 0 Å². The zero-order valence-corrected chi connectivity index (χ0v) is 16.7. The number of phenols is 1. The monoisotopic (exact) mass is 565 g/mol. The summed E-state index contributed by atoms with van der Waals surface area (Å²) in [5.41, 5.74) is 6.47. The van der Waals surface area contributed by atoms with Crippen LogP contribution in [0.25, 0.3) is 0 Å². The van der Waals surface area contributed by atoms with Crippen molar-refractivity contribution in [2.24, 2.45) is 5.73 Å². The van der Waals surface area contributed by atoms with Crippen LogP contribution in [0.3, 0.4) is 0 Å². The topological polar surface area (TPSA) is 145 Å². The van der Waals surface area contributed by atoms with E-state index in [2.05, 4.69) is 0 Å². The second kappa shape index (κ2) is 8.42. The molecule has 0 heterocycles. The zero-order valence-electron chi connectivity index (χ0n) is 11.6. The summed E-state index contributed by atoms with van der Waals surface area (Å²) in [4.78, 5) is 12.9. The van der Waals surface area contributed by atoms with E-state index < -0.39 is 34.5 Å². The van der Waals surface area contributed by atoms with Gasteiger partial charge in [-0.25, -0.2) is 0 Å². The molecule has 0 aliphatic carbocycles. The molecule has 0 aliphatic heterocycles. The number of phenolic OH excluding ortho intramolecular Hbond substituents is 1. The van der Waals surface area contributed by atoms with Gasteiger partial charge in [-0.1, -0.05) is 0 Å². The quantitative estimate of drug-likeness (QED) is 0.261. The van der Waals surface area contributed by atoms with Gasteiger partial charge in [-0.2, -0.15) is 13.7 Å². The number of carbonyl (C=O) groups excluding carboxylic acids is 1. The molecule has 1 aromatic rings. The van der Waals surface area contributed by atoms with Crippen LogP contribution in [-0.2, 0) is 21.3 Å². The number of carbonyl (C=O) groups is 1. The fourth-order valence-electron chi connectivity index (χ4n) is 1.78. The largest absolute Gasteiger partial charge is 0.506 e. The van der Waals surface area contributed by atoms with E-state index in [0.29, 0.717) is 17.6 Å². The molecule has 8 nitrogen and oxygen atoms in total. The van der Waals surface area contributed by atoms with E-state index in [1.54, 1.807) is 18.2 Å². The van der Waals surface area contributed by atoms with Gasteiger partial charge in [0.05, 0.1) is 19.3 Å². The van der Waals surface area contributed by atoms with Crippen LogP contribution in [0.2, 0.25) is 0 Å². The number of benzene rings is 1. The first-order valence-corrected chi connectivity index (χ1v) is 9.85. The Hall–Kier alpha value is -0.690. The number of aromatic hydroxyl groups is 1. The first-order valence-electron chi connectivity index (χ1n) is 6.08. The van der Waals surface area contributed by atoms with E-state index >= 15 is 0 Å². The molecule has 0 spiro atoms. The fraction of sp³-hybridized carbons (Fsp3) is 0.333. The number of nitrogens with zero attached hydrogens (tertiary/aromatic N) is 2. The minimum absolute atomic E-state index is 0.0958. The summed E-state index contributed by atoms with van der Waals surface area (Å²) in [5.74, 6) is -1.62. The molecule has 0 bridgehead atoms. The van der Waals surface area contributed by atoms with E-state index in [1.807, 2.05) is 45.2 Å². The lowest BCUT2D eigenvalue weighted by Crippen LogP contribution is -2.47. The van der Waals surface area contributed by atoms with Crippen molar-refractivity contribution in [3.05, 3.63) is 24.8 Å². The van der Waals surface area contributed by atoms with E-state index in [4.69, 9.17) is 15.5 Å². The molecular weight excluding hydrogens is 552 g/mol. The first-order chi connectivity index (χ1) is 10.5. The molecule has 0 unspecified atom stereocenters. The predicted octanol–water partition coefficient (Wildman–Crippen LogP) is 0.669. The van der Waals surface area contributed by atoms with Crippen LogP contribution >= 0.6 is 45.2 Å². The summed E-state index contributed by atoms with van der Waals surface area (Å²) in [6, 6.07) is 3.88. The van der Waals surface area contributed by atoms with Gasteiger partial charge in [-0.05, 0) is 69.3 Å². The molecule has 0 saturated heterocycles. The minimum atomic E-state index is -4.45. The second-order valence-electron chi connectivity index (χ2n) is 4.62. The van der Waals surface area contributed by atoms with Crippen molar-refractivity contribution in [2.45, 2.75) is 12.5 Å². The Bertz CT molecular complexity index is 725. The molecule has 0 aliphatic rings. The highest BCUT2D eigenvalue weighted by Gasteiger charge is 2.25. The number of amides is 1. The van der Waals surface area contributed by atoms with Gasteiger partial charge >= 0.3 is 0 Å². The highest BCUT2D eigenvalue weighted by molar-refractivity contribution is 14.1. The van der Waals surface area contributed by atoms with Crippen molar-refractivity contribution in [1.82, 2.24) is 4.90 Å². The van der Waals surface area contributed by atoms with Crippen molar-refractivity contribution < 1.29 is 22.9 Å². The summed E-state index contributed by atoms with van der Waals surface area (Å²) in [6.45, 7) is -0.503. The normalized spacial score (nSPS) is 12.5. The third kappa shape index (κ3) is 6.37. The van der Waals surface area contributed by atoms with Crippen molar-refractivity contribution in [3.8, 4) is 11.8 Å². The Morgan fingerprint density at radius 3 is 2.35 bits per heavy atom. The lowest BCUT2D eigenvalue weighted by molar-refractivity contribution is -0.131. The fourth-order valence-corrected chi connectivity index (χ4v) is 4.29. The van der Waals surface area contributed by atoms with Crippen molar-refractivity contribution in [2.75, 3.05) is 12.4 Å². The standard InChI is InChI=1S/C12H13I2N3O5S/c13-8-3-7(4-9(14)11(8)18)5-10(16)12(19)17(2-1-15)6-23(20,21)22/h3-4,10,18H,2,5-6,16H2,(H,20,21,22)/t10-/m0/s1. The molecule has 4 N–H and O–H groups in total. The lowest BCUT2D eigenvalue weighted by Gasteiger charge is -2.22. The maximum Gasteiger partial charge on any atom is 0.283 e. The summed E-state index contributed by atoms with van der Waals surface area (Å²) in [5, 5.41) is 18.4. The van der Waals surface area contributed by atoms with Gasteiger partial charge in [0.2, 0.25) is 5.91 Å². The van der Waals surface area contributed by atoms with E-state index in [-0.39, 0.29) is 12.2 Å². The molecule has 11 heteroatoms. The average molecular weight is 565 g/mol. The molecule has 1 atom stereocenters. The summed E-state index contributed by atoms with van der Waals surface area (Å²) < 4.78 is 31.8. The van der Waals surface area contributed by atoms with Crippen LogP contribution in [0.1, 0.15) is 5.56 Å². The number of nitriles is 1. The SMILES string of the molecule is N#CCN(CS(=O)(=O)O)C(=O)[C@@H](N)Cc1cc(I)c(O)c(I)c1. The van der Waals surface area contributed by atoms with Crippen LogP contribution < -0.4 is 5.73 Å². The molecule has 1 amide bonds. The molecule has 0 fully saturated rings. The first kappa shape index (κ1) is 20.4. The number of rotatable bonds is 6. The van der Waals surface area contributed by atoms with E-state index in [9.17, 15) is 18.3 Å². The number of hydrogen-bond donors (Lipinski definition) is 3. The number of halogens is 2. The van der Waals surface area contributed by atoms with Gasteiger partial charge < -0.3 is 15.7 Å². The minimum Gasteiger partial charge on any atom is -0.506 e. The van der Waals surface area contributed by atoms with Gasteiger partial charge in [-0.15, -0.1) is 0 Å². The van der Waals surface area contributed by atoms with Crippen LogP contribution in [0.15, 0.2) is 12.1 Å². The second-order valence-corrected chi connectivity index (χ2v) is 8.37. The van der Waals surface area contributed by atoms with Gasteiger partial charge in [-0.3, -0.25) is 9.35 Å². The van der Waals surface area contributed by atoms with Crippen LogP contribution in [-0.4, -0.2) is 47.3 Å². The Labute approximate surface area is 160 Å². The van der Waals surface area contributed by atoms with Gasteiger partial charge in [0, 0.05) is 0 Å². The van der Waals surface area contributed by atoms with E-state index in [1.165, 1.54) is 0 Å². The van der Waals surface area contributed by atoms with Gasteiger partial charge in [0.1, 0.15) is 18.2 Å². The Morgan fingerprint density at radius 2 is 1.91 bits per heavy atom. The Balaban J connectivity index is 2.92. The molecule has 1 aromatic carbocycles. The van der Waals surface area contributed by atoms with E-state index in [0.717, 1.165) is 0 Å². The third-order valence-electron chi connectivity index (χ3n) is 2.74. The molecule has 1 rings (SSSR count). The summed E-state index contributed by atoms with van der Waals surface area (Å²) >= 11 is 3.88. The molecule has 126 valence electrons. The molecule has 0 aromatic heterocycles. The Kier molecular flexibility index (Phi) is 7.45. The smallest absolute Gasteiger partial charge is 0.283 e. The van der Waals surface area contributed by atoms with Crippen LogP contribution in [0.4, 0.5) is 0 Å². The zero-order chi connectivity index (χ0) is 17.8. The molecular formula is C12H13I2N3O5S. The predicted molar refractivity (Wildman–Crippen MR) is 99.0 cm³/mol. The maximum atomic E-state index is 12.2. The highest BCUT2D eigenvalue weighted by Crippen LogP contribution is 2.27. The third-order valence-corrected chi connectivity index (χ3v) is 5.02. The maximum absolute atomic E-state index is 12.2. The summed E-state index contributed by atoms with van der Waals surface area (Å²) in [7, 11) is -4.45. The number of nitrogens with two attached hydrogens (primary N) is 1. The highest BCUT2D eigenvalue weighted by atomic mass is 127. The van der Waals surface area contributed by atoms with Crippen molar-refractivity contribution in [1.29, 1.82) is 5.26 Å². The van der Waals surface area contributed by atoms with Gasteiger partial charge in [0.15, 0.2) is 0 Å². The molecule has 0 saturated carbocycles. The van der Waals surface area contributed by atoms with Gasteiger partial charge in [0.25, 0.3) is 10.1 Å². The molecule has 23 heavy (non-hydrogen) atoms. The average Bonchev–Trinajstić information content (AvgIpc) is 2.42. The molecule has 0 radical (unpaired) electrons. The summed E-state index contributed by atoms with van der Waals surface area (Å²) in [6.07, 6.45) is 0.0958. The Morgan fingerprint density at radius 1 is 1.39 bits per heavy atom. The van der Waals surface area contributed by atoms with Crippen molar-refractivity contribution >= 4 is 61.2 Å². The number of hydrogen-bond acceptors (Lipinski definition) is 6. The van der Waals surface area contributed by atoms with Crippen LogP contribution in [0, 0.1) is 18.5 Å².